The molecule has 0 saturated heterocycles. The minimum absolute atomic E-state index is 0.419. The molecule has 1 atom stereocenters. The third-order valence-electron chi connectivity index (χ3n) is 2.75. The van der Waals surface area contributed by atoms with Crippen LogP contribution in [-0.4, -0.2) is 0 Å². The van der Waals surface area contributed by atoms with Crippen molar-refractivity contribution < 1.29 is 13.2 Å². The topological polar surface area (TPSA) is 0 Å². The smallest absolute Gasteiger partial charge is 0.166 e. The molecule has 0 aliphatic heterocycles. The zero-order valence-corrected chi connectivity index (χ0v) is 9.86. The van der Waals surface area contributed by atoms with E-state index in [0.717, 1.165) is 12.0 Å². The fraction of sp³-hybridized carbons (Fsp3) is 0.538. The highest BCUT2D eigenvalue weighted by molar-refractivity contribution is 5.31. The minimum atomic E-state index is -4.24. The van der Waals surface area contributed by atoms with Crippen molar-refractivity contribution in [1.82, 2.24) is 0 Å². The van der Waals surface area contributed by atoms with Gasteiger partial charge in [0.05, 0.1) is 5.56 Å². The predicted octanol–water partition coefficient (Wildman–Crippen LogP) is 4.60. The summed E-state index contributed by atoms with van der Waals surface area (Å²) in [6.07, 6.45) is -2.55. The molecule has 0 saturated carbocycles. The summed E-state index contributed by atoms with van der Waals surface area (Å²) in [5, 5.41) is 0. The van der Waals surface area contributed by atoms with Crippen LogP contribution >= 0.6 is 0 Å². The number of aryl methyl sites for hydroxylation is 1. The molecule has 0 bridgehead atoms. The Kier molecular flexibility index (Phi) is 4.00. The number of halogens is 3. The molecule has 0 aromatic heterocycles. The van der Waals surface area contributed by atoms with Gasteiger partial charge in [0, 0.05) is 0 Å². The van der Waals surface area contributed by atoms with Gasteiger partial charge in [-0.1, -0.05) is 31.9 Å². The van der Waals surface area contributed by atoms with Gasteiger partial charge in [0.1, 0.15) is 0 Å². The van der Waals surface area contributed by atoms with Crippen LogP contribution in [0.3, 0.4) is 0 Å². The summed E-state index contributed by atoms with van der Waals surface area (Å²) >= 11 is 0. The van der Waals surface area contributed by atoms with Gasteiger partial charge in [-0.3, -0.25) is 0 Å². The Morgan fingerprint density at radius 3 is 2.31 bits per heavy atom. The fourth-order valence-corrected chi connectivity index (χ4v) is 1.69. The van der Waals surface area contributed by atoms with E-state index < -0.39 is 11.7 Å². The van der Waals surface area contributed by atoms with Crippen molar-refractivity contribution in [3.63, 3.8) is 0 Å². The lowest BCUT2D eigenvalue weighted by molar-refractivity contribution is -0.137. The third kappa shape index (κ3) is 3.54. The van der Waals surface area contributed by atoms with E-state index in [4.69, 9.17) is 0 Å². The molecule has 0 amide bonds. The van der Waals surface area contributed by atoms with E-state index in [0.29, 0.717) is 17.9 Å². The molecule has 0 spiro atoms. The monoisotopic (exact) mass is 230 g/mol. The molecule has 0 radical (unpaired) electrons. The number of benzene rings is 1. The van der Waals surface area contributed by atoms with Gasteiger partial charge in [-0.05, 0) is 37.0 Å². The molecule has 0 fully saturated rings. The SMILES string of the molecule is CCC(C)Cc1cc(C)cc(C(F)(F)F)c1. The van der Waals surface area contributed by atoms with Crippen molar-refractivity contribution in [2.45, 2.75) is 39.8 Å². The van der Waals surface area contributed by atoms with Gasteiger partial charge < -0.3 is 0 Å². The first-order valence-corrected chi connectivity index (χ1v) is 5.50. The van der Waals surface area contributed by atoms with E-state index in [9.17, 15) is 13.2 Å². The highest BCUT2D eigenvalue weighted by Gasteiger charge is 2.30. The maximum absolute atomic E-state index is 12.6. The summed E-state index contributed by atoms with van der Waals surface area (Å²) in [5.74, 6) is 0.419. The van der Waals surface area contributed by atoms with Crippen LogP contribution in [0.2, 0.25) is 0 Å². The predicted molar refractivity (Wildman–Crippen MR) is 59.3 cm³/mol. The van der Waals surface area contributed by atoms with E-state index >= 15 is 0 Å². The van der Waals surface area contributed by atoms with Crippen LogP contribution < -0.4 is 0 Å². The number of hydrogen-bond acceptors (Lipinski definition) is 0. The maximum atomic E-state index is 12.6. The van der Waals surface area contributed by atoms with Crippen LogP contribution in [0.25, 0.3) is 0 Å². The molecule has 0 aliphatic carbocycles. The summed E-state index contributed by atoms with van der Waals surface area (Å²) in [6, 6.07) is 4.29. The Morgan fingerprint density at radius 2 is 1.81 bits per heavy atom. The average molecular weight is 230 g/mol. The second-order valence-electron chi connectivity index (χ2n) is 4.42. The van der Waals surface area contributed by atoms with E-state index in [1.54, 1.807) is 6.92 Å². The van der Waals surface area contributed by atoms with Gasteiger partial charge in [0.25, 0.3) is 0 Å². The molecule has 90 valence electrons. The zero-order chi connectivity index (χ0) is 12.3. The van der Waals surface area contributed by atoms with Crippen molar-refractivity contribution >= 4 is 0 Å². The minimum Gasteiger partial charge on any atom is -0.166 e. The summed E-state index contributed by atoms with van der Waals surface area (Å²) in [5.41, 5.74) is 0.917. The molecule has 1 unspecified atom stereocenters. The second-order valence-corrected chi connectivity index (χ2v) is 4.42. The Morgan fingerprint density at radius 1 is 1.19 bits per heavy atom. The quantitative estimate of drug-likeness (QED) is 0.711. The van der Waals surface area contributed by atoms with Gasteiger partial charge in [0.2, 0.25) is 0 Å². The number of hydrogen-bond donors (Lipinski definition) is 0. The van der Waals surface area contributed by atoms with E-state index in [-0.39, 0.29) is 0 Å². The lowest BCUT2D eigenvalue weighted by atomic mass is 9.96. The fourth-order valence-electron chi connectivity index (χ4n) is 1.69. The van der Waals surface area contributed by atoms with Crippen molar-refractivity contribution in [1.29, 1.82) is 0 Å². The second kappa shape index (κ2) is 4.89. The zero-order valence-electron chi connectivity index (χ0n) is 9.86. The van der Waals surface area contributed by atoms with Crippen molar-refractivity contribution in [2.24, 2.45) is 5.92 Å². The Balaban J connectivity index is 2.99. The molecule has 0 nitrogen and oxygen atoms in total. The summed E-state index contributed by atoms with van der Waals surface area (Å²) in [7, 11) is 0. The number of rotatable bonds is 3. The lowest BCUT2D eigenvalue weighted by Crippen LogP contribution is -2.07. The van der Waals surface area contributed by atoms with Gasteiger partial charge in [0.15, 0.2) is 0 Å². The van der Waals surface area contributed by atoms with Gasteiger partial charge in [-0.15, -0.1) is 0 Å². The van der Waals surface area contributed by atoms with Gasteiger partial charge in [-0.2, -0.15) is 13.2 Å². The average Bonchev–Trinajstić information content (AvgIpc) is 2.15. The molecule has 16 heavy (non-hydrogen) atoms. The summed E-state index contributed by atoms with van der Waals surface area (Å²) < 4.78 is 37.7. The van der Waals surface area contributed by atoms with Crippen LogP contribution in [0, 0.1) is 12.8 Å². The third-order valence-corrected chi connectivity index (χ3v) is 2.75. The van der Waals surface area contributed by atoms with Crippen LogP contribution in [-0.2, 0) is 12.6 Å². The molecule has 0 aliphatic rings. The van der Waals surface area contributed by atoms with Crippen LogP contribution in [0.5, 0.6) is 0 Å². The molecular weight excluding hydrogens is 213 g/mol. The molecule has 0 heterocycles. The standard InChI is InChI=1S/C13H17F3/c1-4-9(2)5-11-6-10(3)7-12(8-11)13(14,15)16/h6-9H,4-5H2,1-3H3. The van der Waals surface area contributed by atoms with Crippen molar-refractivity contribution in [2.75, 3.05) is 0 Å². The van der Waals surface area contributed by atoms with Gasteiger partial charge >= 0.3 is 6.18 Å². The normalized spacial score (nSPS) is 13.9. The van der Waals surface area contributed by atoms with E-state index in [2.05, 4.69) is 6.92 Å². The first-order chi connectivity index (χ1) is 7.32. The van der Waals surface area contributed by atoms with Crippen LogP contribution in [0.1, 0.15) is 37.0 Å². The lowest BCUT2D eigenvalue weighted by Gasteiger charge is -2.13. The Hall–Kier alpha value is -0.990. The molecule has 1 aromatic carbocycles. The Bertz CT molecular complexity index is 353. The van der Waals surface area contributed by atoms with Crippen molar-refractivity contribution in [3.05, 3.63) is 34.9 Å². The maximum Gasteiger partial charge on any atom is 0.416 e. The molecule has 3 heteroatoms. The first kappa shape index (κ1) is 13.1. The van der Waals surface area contributed by atoms with E-state index in [1.807, 2.05) is 13.0 Å². The van der Waals surface area contributed by atoms with Crippen molar-refractivity contribution in [3.8, 4) is 0 Å². The summed E-state index contributed by atoms with van der Waals surface area (Å²) in [6.45, 7) is 5.80. The van der Waals surface area contributed by atoms with Crippen LogP contribution in [0.4, 0.5) is 13.2 Å². The summed E-state index contributed by atoms with van der Waals surface area (Å²) in [4.78, 5) is 0. The van der Waals surface area contributed by atoms with Crippen LogP contribution in [0.15, 0.2) is 18.2 Å². The molecule has 1 aromatic rings. The molecule has 1 rings (SSSR count). The Labute approximate surface area is 94.5 Å². The highest BCUT2D eigenvalue weighted by atomic mass is 19.4. The highest BCUT2D eigenvalue weighted by Crippen LogP contribution is 2.31. The molecule has 0 N–H and O–H groups in total. The first-order valence-electron chi connectivity index (χ1n) is 5.50. The number of alkyl halides is 3. The van der Waals surface area contributed by atoms with E-state index in [1.165, 1.54) is 12.1 Å². The van der Waals surface area contributed by atoms with Gasteiger partial charge in [-0.25, -0.2) is 0 Å². The molecular formula is C13H17F3. The largest absolute Gasteiger partial charge is 0.416 e.